The van der Waals surface area contributed by atoms with Gasteiger partial charge in [0.1, 0.15) is 0 Å². The largest absolute Gasteiger partial charge is 0.466 e. The molecule has 0 aromatic carbocycles. The van der Waals surface area contributed by atoms with Crippen LogP contribution in [-0.4, -0.2) is 12.6 Å². The molecule has 0 atom stereocenters. The van der Waals surface area contributed by atoms with Gasteiger partial charge in [0.25, 0.3) is 0 Å². The average Bonchev–Trinajstić information content (AvgIpc) is 2.49. The number of carbonyl (C=O) groups excluding carboxylic acids is 1. The number of hydrogen-bond donors (Lipinski definition) is 0. The molecule has 0 aromatic rings. The van der Waals surface area contributed by atoms with Crippen LogP contribution in [0.2, 0.25) is 0 Å². The number of hydrogen-bond acceptors (Lipinski definition) is 2. The molecule has 0 heterocycles. The molecule has 0 rings (SSSR count). The summed E-state index contributed by atoms with van der Waals surface area (Å²) >= 11 is 0. The molecule has 0 amide bonds. The van der Waals surface area contributed by atoms with Gasteiger partial charge >= 0.3 is 5.97 Å². The third-order valence-electron chi connectivity index (χ3n) is 4.19. The maximum Gasteiger partial charge on any atom is 0.305 e. The molecule has 0 radical (unpaired) electrons. The average molecular weight is 313 g/mol. The quantitative estimate of drug-likeness (QED) is 0.235. The summed E-state index contributed by atoms with van der Waals surface area (Å²) < 4.78 is 5.25. The van der Waals surface area contributed by atoms with E-state index in [9.17, 15) is 4.79 Å². The molecule has 0 aliphatic rings. The highest BCUT2D eigenvalue weighted by molar-refractivity contribution is 5.69. The van der Waals surface area contributed by atoms with Crippen LogP contribution in [0.3, 0.4) is 0 Å². The zero-order chi connectivity index (χ0) is 16.5. The molecule has 0 unspecified atom stereocenters. The molecule has 0 aliphatic carbocycles. The predicted octanol–water partition coefficient (Wildman–Crippen LogP) is 6.67. The van der Waals surface area contributed by atoms with Crippen molar-refractivity contribution in [3.8, 4) is 0 Å². The van der Waals surface area contributed by atoms with Crippen LogP contribution in [0.4, 0.5) is 0 Å². The molecule has 0 saturated carbocycles. The van der Waals surface area contributed by atoms with E-state index in [1.807, 2.05) is 0 Å². The van der Waals surface area contributed by atoms with E-state index in [-0.39, 0.29) is 5.97 Å². The third kappa shape index (κ3) is 17.5. The minimum atomic E-state index is -0.0169. The highest BCUT2D eigenvalue weighted by Gasteiger charge is 2.04. The molecule has 0 aromatic heterocycles. The summed E-state index contributed by atoms with van der Waals surface area (Å²) in [6.07, 6.45) is 17.6. The summed E-state index contributed by atoms with van der Waals surface area (Å²) in [5, 5.41) is 0. The van der Waals surface area contributed by atoms with Gasteiger partial charge in [-0.2, -0.15) is 0 Å². The Bertz CT molecular complexity index is 236. The number of carbonyl (C=O) groups is 1. The van der Waals surface area contributed by atoms with Gasteiger partial charge < -0.3 is 4.74 Å². The van der Waals surface area contributed by atoms with Gasteiger partial charge in [0.05, 0.1) is 6.61 Å². The zero-order valence-corrected chi connectivity index (χ0v) is 15.5. The van der Waals surface area contributed by atoms with E-state index in [4.69, 9.17) is 4.74 Å². The Labute approximate surface area is 139 Å². The van der Waals surface area contributed by atoms with Crippen molar-refractivity contribution in [1.82, 2.24) is 0 Å². The van der Waals surface area contributed by atoms with Gasteiger partial charge in [0, 0.05) is 6.42 Å². The van der Waals surface area contributed by atoms with E-state index < -0.39 is 0 Å². The Morgan fingerprint density at radius 2 is 1.23 bits per heavy atom. The fourth-order valence-electron chi connectivity index (χ4n) is 2.61. The molecule has 0 aliphatic heterocycles. The normalized spacial score (nSPS) is 11.1. The second-order valence-corrected chi connectivity index (χ2v) is 7.04. The molecule has 0 saturated heterocycles. The van der Waals surface area contributed by atoms with Gasteiger partial charge in [-0.1, -0.05) is 91.4 Å². The summed E-state index contributed by atoms with van der Waals surface area (Å²) in [7, 11) is 0. The maximum absolute atomic E-state index is 11.4. The molecular formula is C20H40O2. The molecule has 0 N–H and O–H groups in total. The van der Waals surface area contributed by atoms with Crippen LogP contribution in [0.5, 0.6) is 0 Å². The van der Waals surface area contributed by atoms with E-state index in [2.05, 4.69) is 20.8 Å². The van der Waals surface area contributed by atoms with Crippen molar-refractivity contribution in [3.05, 3.63) is 0 Å². The van der Waals surface area contributed by atoms with Crippen molar-refractivity contribution < 1.29 is 9.53 Å². The molecule has 0 spiro atoms. The van der Waals surface area contributed by atoms with Gasteiger partial charge in [0.2, 0.25) is 0 Å². The van der Waals surface area contributed by atoms with Gasteiger partial charge in [-0.05, 0) is 18.8 Å². The van der Waals surface area contributed by atoms with Crippen LogP contribution < -0.4 is 0 Å². The molecule has 132 valence electrons. The van der Waals surface area contributed by atoms with Crippen molar-refractivity contribution in [2.75, 3.05) is 6.61 Å². The van der Waals surface area contributed by atoms with Crippen LogP contribution in [0.25, 0.3) is 0 Å². The Morgan fingerprint density at radius 3 is 1.68 bits per heavy atom. The lowest BCUT2D eigenvalue weighted by molar-refractivity contribution is -0.144. The minimum Gasteiger partial charge on any atom is -0.466 e. The lowest BCUT2D eigenvalue weighted by atomic mass is 10.1. The Hall–Kier alpha value is -0.530. The first-order valence-corrected chi connectivity index (χ1v) is 9.82. The first-order chi connectivity index (χ1) is 10.7. The van der Waals surface area contributed by atoms with E-state index >= 15 is 0 Å². The zero-order valence-electron chi connectivity index (χ0n) is 15.5. The predicted molar refractivity (Wildman–Crippen MR) is 96.1 cm³/mol. The van der Waals surface area contributed by atoms with Gasteiger partial charge in [-0.3, -0.25) is 4.79 Å². The number of ether oxygens (including phenoxy) is 1. The Balaban J connectivity index is 3.09. The van der Waals surface area contributed by atoms with Crippen molar-refractivity contribution in [3.63, 3.8) is 0 Å². The van der Waals surface area contributed by atoms with E-state index in [1.54, 1.807) is 0 Å². The summed E-state index contributed by atoms with van der Waals surface area (Å²) in [4.78, 5) is 11.4. The van der Waals surface area contributed by atoms with Crippen molar-refractivity contribution in [2.45, 2.75) is 111 Å². The molecular weight excluding hydrogens is 272 g/mol. The molecule has 22 heavy (non-hydrogen) atoms. The van der Waals surface area contributed by atoms with E-state index in [0.29, 0.717) is 18.9 Å². The van der Waals surface area contributed by atoms with Gasteiger partial charge in [-0.15, -0.1) is 0 Å². The van der Waals surface area contributed by atoms with E-state index in [1.165, 1.54) is 70.6 Å². The summed E-state index contributed by atoms with van der Waals surface area (Å²) in [6, 6.07) is 0. The summed E-state index contributed by atoms with van der Waals surface area (Å²) in [5.41, 5.74) is 0. The standard InChI is InChI=1S/C20H40O2/c1-4-5-6-7-8-9-10-11-12-13-14-15-18-22-20(21)17-16-19(2)3/h19H,4-18H2,1-3H3. The first kappa shape index (κ1) is 21.5. The molecule has 2 nitrogen and oxygen atoms in total. The lowest BCUT2D eigenvalue weighted by Gasteiger charge is -2.06. The smallest absolute Gasteiger partial charge is 0.305 e. The Morgan fingerprint density at radius 1 is 0.773 bits per heavy atom. The van der Waals surface area contributed by atoms with Crippen LogP contribution >= 0.6 is 0 Å². The monoisotopic (exact) mass is 312 g/mol. The lowest BCUT2D eigenvalue weighted by Crippen LogP contribution is -2.06. The Kier molecular flexibility index (Phi) is 16.4. The number of esters is 1. The second-order valence-electron chi connectivity index (χ2n) is 7.04. The van der Waals surface area contributed by atoms with Crippen LogP contribution in [-0.2, 0) is 9.53 Å². The van der Waals surface area contributed by atoms with Crippen LogP contribution in [0, 0.1) is 5.92 Å². The second kappa shape index (κ2) is 16.8. The fraction of sp³-hybridized carbons (Fsp3) is 0.950. The molecule has 0 fully saturated rings. The van der Waals surface area contributed by atoms with Crippen LogP contribution in [0.15, 0.2) is 0 Å². The number of unbranched alkanes of at least 4 members (excludes halogenated alkanes) is 11. The topological polar surface area (TPSA) is 26.3 Å². The van der Waals surface area contributed by atoms with Gasteiger partial charge in [-0.25, -0.2) is 0 Å². The van der Waals surface area contributed by atoms with Crippen molar-refractivity contribution in [1.29, 1.82) is 0 Å². The molecule has 0 bridgehead atoms. The van der Waals surface area contributed by atoms with Gasteiger partial charge in [0.15, 0.2) is 0 Å². The summed E-state index contributed by atoms with van der Waals surface area (Å²) in [5.74, 6) is 0.566. The van der Waals surface area contributed by atoms with Crippen molar-refractivity contribution in [2.24, 2.45) is 5.92 Å². The minimum absolute atomic E-state index is 0.0169. The van der Waals surface area contributed by atoms with Crippen molar-refractivity contribution >= 4 is 5.97 Å². The third-order valence-corrected chi connectivity index (χ3v) is 4.19. The van der Waals surface area contributed by atoms with Crippen LogP contribution in [0.1, 0.15) is 111 Å². The highest BCUT2D eigenvalue weighted by Crippen LogP contribution is 2.12. The molecule has 2 heteroatoms. The van der Waals surface area contributed by atoms with E-state index in [0.717, 1.165) is 12.8 Å². The first-order valence-electron chi connectivity index (χ1n) is 9.82. The fourth-order valence-corrected chi connectivity index (χ4v) is 2.61. The maximum atomic E-state index is 11.4. The number of rotatable bonds is 16. The highest BCUT2D eigenvalue weighted by atomic mass is 16.5. The SMILES string of the molecule is CCCCCCCCCCCCCCOC(=O)CCC(C)C. The summed E-state index contributed by atoms with van der Waals surface area (Å²) in [6.45, 7) is 7.16.